The molecule has 1 aliphatic heterocycles. The van der Waals surface area contributed by atoms with Gasteiger partial charge in [-0.05, 0) is 60.5 Å². The standard InChI is InChI=1S/C26H26N4O6/c1-35-23-14-18(15-24(16-23)36-2)17-28-12-3-13-29(26(28)32)21-10-6-20(7-11-21)27-25(31)19-4-8-22(9-5-19)30(33)34/h4-11,14-16H,3,12-13,17H2,1-2H3,(H,27,31). The number of anilines is 2. The molecule has 10 heteroatoms. The van der Waals surface area contributed by atoms with E-state index in [1.54, 1.807) is 54.4 Å². The predicted molar refractivity (Wildman–Crippen MR) is 135 cm³/mol. The molecule has 3 aromatic carbocycles. The van der Waals surface area contributed by atoms with Crippen molar-refractivity contribution in [2.24, 2.45) is 0 Å². The van der Waals surface area contributed by atoms with Gasteiger partial charge in [0.05, 0.1) is 19.1 Å². The van der Waals surface area contributed by atoms with Gasteiger partial charge in [0.15, 0.2) is 0 Å². The molecule has 3 aromatic rings. The van der Waals surface area contributed by atoms with Crippen LogP contribution in [0.15, 0.2) is 66.7 Å². The number of benzene rings is 3. The number of hydrogen-bond acceptors (Lipinski definition) is 6. The van der Waals surface area contributed by atoms with E-state index in [9.17, 15) is 19.7 Å². The van der Waals surface area contributed by atoms with Crippen molar-refractivity contribution in [3.8, 4) is 11.5 Å². The molecule has 4 rings (SSSR count). The quantitative estimate of drug-likeness (QED) is 0.362. The predicted octanol–water partition coefficient (Wildman–Crippen LogP) is 4.70. The van der Waals surface area contributed by atoms with Crippen LogP contribution in [0.4, 0.5) is 21.9 Å². The summed E-state index contributed by atoms with van der Waals surface area (Å²) in [6, 6.07) is 17.8. The lowest BCUT2D eigenvalue weighted by atomic mass is 10.1. The molecule has 1 fully saturated rings. The van der Waals surface area contributed by atoms with Crippen LogP contribution in [0.2, 0.25) is 0 Å². The molecule has 1 N–H and O–H groups in total. The van der Waals surface area contributed by atoms with E-state index >= 15 is 0 Å². The molecule has 1 aliphatic rings. The lowest BCUT2D eigenvalue weighted by Gasteiger charge is -2.35. The fraction of sp³-hybridized carbons (Fsp3) is 0.231. The molecule has 0 radical (unpaired) electrons. The van der Waals surface area contributed by atoms with Gasteiger partial charge in [-0.25, -0.2) is 4.79 Å². The van der Waals surface area contributed by atoms with Crippen molar-refractivity contribution in [1.82, 2.24) is 4.90 Å². The van der Waals surface area contributed by atoms with Crippen molar-refractivity contribution >= 4 is 29.0 Å². The SMILES string of the molecule is COc1cc(CN2CCCN(c3ccc(NC(=O)c4ccc([N+](=O)[O-])cc4)cc3)C2=O)cc(OC)c1. The highest BCUT2D eigenvalue weighted by Gasteiger charge is 2.27. The number of nitrogens with one attached hydrogen (secondary N) is 1. The summed E-state index contributed by atoms with van der Waals surface area (Å²) in [6.07, 6.45) is 0.811. The Labute approximate surface area is 208 Å². The summed E-state index contributed by atoms with van der Waals surface area (Å²) < 4.78 is 10.7. The van der Waals surface area contributed by atoms with E-state index < -0.39 is 4.92 Å². The number of hydrogen-bond donors (Lipinski definition) is 1. The number of nitro groups is 1. The summed E-state index contributed by atoms with van der Waals surface area (Å²) in [7, 11) is 3.18. The Morgan fingerprint density at radius 3 is 2.19 bits per heavy atom. The second-order valence-corrected chi connectivity index (χ2v) is 8.24. The first-order chi connectivity index (χ1) is 17.4. The van der Waals surface area contributed by atoms with Crippen molar-refractivity contribution in [3.05, 3.63) is 88.0 Å². The summed E-state index contributed by atoms with van der Waals surface area (Å²) in [5, 5.41) is 13.6. The lowest BCUT2D eigenvalue weighted by Crippen LogP contribution is -2.49. The number of nitro benzene ring substituents is 1. The highest BCUT2D eigenvalue weighted by Crippen LogP contribution is 2.27. The third-order valence-electron chi connectivity index (χ3n) is 5.87. The first-order valence-electron chi connectivity index (χ1n) is 11.3. The Hall–Kier alpha value is -4.60. The molecule has 10 nitrogen and oxygen atoms in total. The average molecular weight is 491 g/mol. The summed E-state index contributed by atoms with van der Waals surface area (Å²) in [6.45, 7) is 1.65. The molecule has 0 atom stereocenters. The molecule has 0 unspecified atom stereocenters. The second-order valence-electron chi connectivity index (χ2n) is 8.24. The van der Waals surface area contributed by atoms with Crippen LogP contribution < -0.4 is 19.7 Å². The first kappa shape index (κ1) is 24.5. The Morgan fingerprint density at radius 2 is 1.61 bits per heavy atom. The molecule has 0 bridgehead atoms. The fourth-order valence-corrected chi connectivity index (χ4v) is 4.01. The lowest BCUT2D eigenvalue weighted by molar-refractivity contribution is -0.384. The number of rotatable bonds is 8. The number of non-ortho nitro benzene ring substituents is 1. The third kappa shape index (κ3) is 5.54. The molecule has 1 heterocycles. The summed E-state index contributed by atoms with van der Waals surface area (Å²) in [5.74, 6) is 0.945. The minimum Gasteiger partial charge on any atom is -0.497 e. The molecule has 0 spiro atoms. The highest BCUT2D eigenvalue weighted by molar-refractivity contribution is 6.04. The van der Waals surface area contributed by atoms with E-state index in [2.05, 4.69) is 5.32 Å². The molecule has 0 aliphatic carbocycles. The van der Waals surface area contributed by atoms with Crippen LogP contribution in [0.3, 0.4) is 0 Å². The summed E-state index contributed by atoms with van der Waals surface area (Å²) >= 11 is 0. The van der Waals surface area contributed by atoms with Gasteiger partial charge >= 0.3 is 6.03 Å². The van der Waals surface area contributed by atoms with Gasteiger partial charge in [0, 0.05) is 54.8 Å². The second kappa shape index (κ2) is 10.8. The van der Waals surface area contributed by atoms with Gasteiger partial charge < -0.3 is 19.7 Å². The Morgan fingerprint density at radius 1 is 0.972 bits per heavy atom. The topological polar surface area (TPSA) is 114 Å². The van der Waals surface area contributed by atoms with Crippen molar-refractivity contribution in [2.75, 3.05) is 37.5 Å². The minimum absolute atomic E-state index is 0.0818. The van der Waals surface area contributed by atoms with E-state index in [1.165, 1.54) is 24.3 Å². The monoisotopic (exact) mass is 490 g/mol. The van der Waals surface area contributed by atoms with Gasteiger partial charge in [-0.3, -0.25) is 19.8 Å². The summed E-state index contributed by atoms with van der Waals surface area (Å²) in [5.41, 5.74) is 2.40. The number of amides is 3. The van der Waals surface area contributed by atoms with Crippen molar-refractivity contribution in [3.63, 3.8) is 0 Å². The number of ether oxygens (including phenoxy) is 2. The van der Waals surface area contributed by atoms with Crippen LogP contribution in [0.5, 0.6) is 11.5 Å². The van der Waals surface area contributed by atoms with Crippen LogP contribution in [0.25, 0.3) is 0 Å². The van der Waals surface area contributed by atoms with Gasteiger partial charge in [-0.2, -0.15) is 0 Å². The maximum absolute atomic E-state index is 13.2. The first-order valence-corrected chi connectivity index (χ1v) is 11.3. The van der Waals surface area contributed by atoms with Gasteiger partial charge in [0.25, 0.3) is 11.6 Å². The largest absolute Gasteiger partial charge is 0.497 e. The van der Waals surface area contributed by atoms with Gasteiger partial charge in [-0.1, -0.05) is 0 Å². The molecule has 36 heavy (non-hydrogen) atoms. The molecular formula is C26H26N4O6. The number of carbonyl (C=O) groups excluding carboxylic acids is 2. The fourth-order valence-electron chi connectivity index (χ4n) is 4.01. The zero-order chi connectivity index (χ0) is 25.7. The minimum atomic E-state index is -0.517. The number of nitrogens with zero attached hydrogens (tertiary/aromatic N) is 3. The maximum atomic E-state index is 13.2. The van der Waals surface area contributed by atoms with E-state index in [4.69, 9.17) is 9.47 Å². The number of carbonyl (C=O) groups is 2. The Kier molecular flexibility index (Phi) is 7.33. The molecule has 186 valence electrons. The third-order valence-corrected chi connectivity index (χ3v) is 5.87. The Bertz CT molecular complexity index is 1240. The average Bonchev–Trinajstić information content (AvgIpc) is 2.90. The van der Waals surface area contributed by atoms with Crippen LogP contribution in [-0.4, -0.2) is 49.1 Å². The van der Waals surface area contributed by atoms with E-state index in [-0.39, 0.29) is 17.6 Å². The zero-order valence-electron chi connectivity index (χ0n) is 20.0. The van der Waals surface area contributed by atoms with E-state index in [0.29, 0.717) is 42.4 Å². The normalized spacial score (nSPS) is 13.3. The molecule has 1 saturated heterocycles. The molecule has 0 aromatic heterocycles. The molecular weight excluding hydrogens is 464 g/mol. The van der Waals surface area contributed by atoms with Crippen LogP contribution in [0, 0.1) is 10.1 Å². The maximum Gasteiger partial charge on any atom is 0.324 e. The molecule has 3 amide bonds. The zero-order valence-corrected chi connectivity index (χ0v) is 20.0. The van der Waals surface area contributed by atoms with Crippen LogP contribution in [-0.2, 0) is 6.54 Å². The number of urea groups is 1. The van der Waals surface area contributed by atoms with E-state index in [0.717, 1.165) is 17.7 Å². The van der Waals surface area contributed by atoms with Crippen LogP contribution >= 0.6 is 0 Å². The van der Waals surface area contributed by atoms with Gasteiger partial charge in [-0.15, -0.1) is 0 Å². The van der Waals surface area contributed by atoms with E-state index in [1.807, 2.05) is 12.1 Å². The van der Waals surface area contributed by atoms with Crippen molar-refractivity contribution < 1.29 is 24.0 Å². The Balaban J connectivity index is 1.42. The van der Waals surface area contributed by atoms with Gasteiger partial charge in [0.2, 0.25) is 0 Å². The number of methoxy groups -OCH3 is 2. The highest BCUT2D eigenvalue weighted by atomic mass is 16.6. The van der Waals surface area contributed by atoms with Gasteiger partial charge in [0.1, 0.15) is 11.5 Å². The van der Waals surface area contributed by atoms with Crippen molar-refractivity contribution in [1.29, 1.82) is 0 Å². The van der Waals surface area contributed by atoms with Crippen LogP contribution in [0.1, 0.15) is 22.3 Å². The molecule has 0 saturated carbocycles. The van der Waals surface area contributed by atoms with Crippen molar-refractivity contribution in [2.45, 2.75) is 13.0 Å². The summed E-state index contributed by atoms with van der Waals surface area (Å²) in [4.78, 5) is 39.5. The smallest absolute Gasteiger partial charge is 0.324 e.